The third-order valence-electron chi connectivity index (χ3n) is 3.11. The van der Waals surface area contributed by atoms with E-state index in [9.17, 15) is 0 Å². The third kappa shape index (κ3) is 5.23. The van der Waals surface area contributed by atoms with E-state index in [2.05, 4.69) is 40.5 Å². The number of nitrogens with zero attached hydrogens (tertiary/aromatic N) is 2. The van der Waals surface area contributed by atoms with Crippen molar-refractivity contribution in [3.8, 4) is 0 Å². The van der Waals surface area contributed by atoms with Crippen molar-refractivity contribution in [2.75, 3.05) is 0 Å². The molecule has 0 saturated heterocycles. The van der Waals surface area contributed by atoms with Crippen molar-refractivity contribution in [3.63, 3.8) is 0 Å². The monoisotopic (exact) mass is 325 g/mol. The van der Waals surface area contributed by atoms with E-state index in [0.29, 0.717) is 0 Å². The van der Waals surface area contributed by atoms with E-state index in [4.69, 9.17) is 4.52 Å². The van der Waals surface area contributed by atoms with Crippen molar-refractivity contribution in [1.82, 2.24) is 15.4 Å². The first-order valence-corrected chi connectivity index (χ1v) is 8.43. The Balaban J connectivity index is 0.000000199. The molecule has 0 aliphatic heterocycles. The summed E-state index contributed by atoms with van der Waals surface area (Å²) in [5.41, 5.74) is 4.43. The lowest BCUT2D eigenvalue weighted by molar-refractivity contribution is 0.456. The Hall–Kier alpha value is -2.62. The summed E-state index contributed by atoms with van der Waals surface area (Å²) in [4.78, 5) is 0. The van der Waals surface area contributed by atoms with Crippen molar-refractivity contribution in [3.05, 3.63) is 59.9 Å². The summed E-state index contributed by atoms with van der Waals surface area (Å²) >= 11 is 0. The summed E-state index contributed by atoms with van der Waals surface area (Å²) in [6, 6.07) is 12.2. The fraction of sp³-hybridized carbons (Fsp3) is 0.300. The highest BCUT2D eigenvalue weighted by molar-refractivity contribution is 5.78. The van der Waals surface area contributed by atoms with Crippen molar-refractivity contribution in [2.24, 2.45) is 0 Å². The number of aromatic nitrogens is 3. The van der Waals surface area contributed by atoms with E-state index in [1.807, 2.05) is 59.0 Å². The molecule has 0 unspecified atom stereocenters. The van der Waals surface area contributed by atoms with E-state index in [1.165, 1.54) is 16.5 Å². The molecule has 4 rings (SSSR count). The van der Waals surface area contributed by atoms with Gasteiger partial charge in [0.1, 0.15) is 0 Å². The molecule has 4 nitrogen and oxygen atoms in total. The zero-order valence-electron chi connectivity index (χ0n) is 15.4. The number of fused-ring (bicyclic) bond motifs is 2. The van der Waals surface area contributed by atoms with E-state index in [1.54, 1.807) is 6.20 Å². The standard InChI is InChI=1S/C8H8N2.C8H7NO.2C2H6/c2*1-6-2-3-7-5-9-10-8(7)4-6;2*1-2/h2-5H,1H3,(H,9,10);2-5H,1H3;2*1-2H3. The Labute approximate surface area is 143 Å². The number of aryl methyl sites for hydroxylation is 2. The van der Waals surface area contributed by atoms with Gasteiger partial charge in [-0.05, 0) is 43.2 Å². The second-order valence-electron chi connectivity index (χ2n) is 4.83. The molecule has 128 valence electrons. The SMILES string of the molecule is CC.CC.Cc1ccc2cn[nH]c2c1.Cc1ccc2cnoc2c1. The molecule has 0 fully saturated rings. The Morgan fingerprint density at radius 1 is 0.792 bits per heavy atom. The predicted molar refractivity (Wildman–Crippen MR) is 102 cm³/mol. The molecule has 24 heavy (non-hydrogen) atoms. The first kappa shape index (κ1) is 19.4. The van der Waals surface area contributed by atoms with Gasteiger partial charge in [-0.15, -0.1) is 0 Å². The molecule has 0 spiro atoms. The van der Waals surface area contributed by atoms with Gasteiger partial charge in [0.2, 0.25) is 0 Å². The molecule has 0 amide bonds. The zero-order valence-corrected chi connectivity index (χ0v) is 15.4. The number of nitrogens with one attached hydrogen (secondary N) is 1. The van der Waals surface area contributed by atoms with Crippen molar-refractivity contribution < 1.29 is 4.52 Å². The van der Waals surface area contributed by atoms with Gasteiger partial charge in [0.05, 0.1) is 17.9 Å². The average Bonchev–Trinajstić information content (AvgIpc) is 3.27. The van der Waals surface area contributed by atoms with Gasteiger partial charge in [0.25, 0.3) is 0 Å². The Morgan fingerprint density at radius 3 is 2.12 bits per heavy atom. The van der Waals surface area contributed by atoms with Gasteiger partial charge in [-0.25, -0.2) is 0 Å². The van der Waals surface area contributed by atoms with Crippen LogP contribution in [0.15, 0.2) is 53.3 Å². The molecule has 0 aliphatic rings. The van der Waals surface area contributed by atoms with Crippen LogP contribution in [0, 0.1) is 13.8 Å². The van der Waals surface area contributed by atoms with E-state index in [0.717, 1.165) is 16.5 Å². The molecule has 2 heterocycles. The molecule has 2 aromatic heterocycles. The largest absolute Gasteiger partial charge is 0.356 e. The van der Waals surface area contributed by atoms with Gasteiger partial charge in [0.15, 0.2) is 5.58 Å². The van der Waals surface area contributed by atoms with Crippen molar-refractivity contribution in [2.45, 2.75) is 41.5 Å². The third-order valence-corrected chi connectivity index (χ3v) is 3.11. The van der Waals surface area contributed by atoms with Crippen LogP contribution in [0.2, 0.25) is 0 Å². The number of rotatable bonds is 0. The Morgan fingerprint density at radius 2 is 1.42 bits per heavy atom. The van der Waals surface area contributed by atoms with Crippen LogP contribution in [0.25, 0.3) is 21.9 Å². The molecule has 4 heteroatoms. The summed E-state index contributed by atoms with van der Waals surface area (Å²) in [7, 11) is 0. The maximum absolute atomic E-state index is 4.95. The fourth-order valence-corrected chi connectivity index (χ4v) is 2.02. The highest BCUT2D eigenvalue weighted by Crippen LogP contribution is 2.13. The fourth-order valence-electron chi connectivity index (χ4n) is 2.02. The number of hydrogen-bond acceptors (Lipinski definition) is 3. The van der Waals surface area contributed by atoms with Gasteiger partial charge in [-0.1, -0.05) is 51.1 Å². The Kier molecular flexibility index (Phi) is 8.26. The Bertz CT molecular complexity index is 774. The highest BCUT2D eigenvalue weighted by atomic mass is 16.5. The zero-order chi connectivity index (χ0) is 17.9. The number of benzene rings is 2. The summed E-state index contributed by atoms with van der Waals surface area (Å²) in [5, 5.41) is 12.7. The van der Waals surface area contributed by atoms with E-state index < -0.39 is 0 Å². The molecule has 0 saturated carbocycles. The molecule has 0 atom stereocenters. The van der Waals surface area contributed by atoms with Crippen LogP contribution in [0.4, 0.5) is 0 Å². The molecule has 1 N–H and O–H groups in total. The van der Waals surface area contributed by atoms with Crippen LogP contribution < -0.4 is 0 Å². The quantitative estimate of drug-likeness (QED) is 0.427. The molecule has 0 aliphatic carbocycles. The van der Waals surface area contributed by atoms with Gasteiger partial charge >= 0.3 is 0 Å². The lowest BCUT2D eigenvalue weighted by atomic mass is 10.2. The minimum atomic E-state index is 0.861. The summed E-state index contributed by atoms with van der Waals surface area (Å²) in [6.07, 6.45) is 3.55. The second-order valence-corrected chi connectivity index (χ2v) is 4.83. The first-order chi connectivity index (χ1) is 11.7. The number of H-pyrrole nitrogens is 1. The number of hydrogen-bond donors (Lipinski definition) is 1. The van der Waals surface area contributed by atoms with E-state index >= 15 is 0 Å². The smallest absolute Gasteiger partial charge is 0.167 e. The van der Waals surface area contributed by atoms with Gasteiger partial charge < -0.3 is 4.52 Å². The summed E-state index contributed by atoms with van der Waals surface area (Å²) < 4.78 is 4.95. The first-order valence-electron chi connectivity index (χ1n) is 8.43. The lowest BCUT2D eigenvalue weighted by Gasteiger charge is -1.89. The average molecular weight is 325 g/mol. The van der Waals surface area contributed by atoms with Crippen molar-refractivity contribution in [1.29, 1.82) is 0 Å². The van der Waals surface area contributed by atoms with Crippen LogP contribution in [0.5, 0.6) is 0 Å². The van der Waals surface area contributed by atoms with Gasteiger partial charge in [-0.3, -0.25) is 5.10 Å². The van der Waals surface area contributed by atoms with Crippen LogP contribution in [0.1, 0.15) is 38.8 Å². The lowest BCUT2D eigenvalue weighted by Crippen LogP contribution is -1.70. The maximum Gasteiger partial charge on any atom is 0.167 e. The van der Waals surface area contributed by atoms with Crippen LogP contribution in [0.3, 0.4) is 0 Å². The molecular formula is C20H27N3O. The van der Waals surface area contributed by atoms with E-state index in [-0.39, 0.29) is 0 Å². The van der Waals surface area contributed by atoms with Crippen LogP contribution in [-0.4, -0.2) is 15.4 Å². The summed E-state index contributed by atoms with van der Waals surface area (Å²) in [6.45, 7) is 12.1. The van der Waals surface area contributed by atoms with Crippen molar-refractivity contribution >= 4 is 21.9 Å². The summed E-state index contributed by atoms with van der Waals surface area (Å²) in [5.74, 6) is 0. The van der Waals surface area contributed by atoms with Gasteiger partial charge in [-0.2, -0.15) is 5.10 Å². The van der Waals surface area contributed by atoms with Crippen LogP contribution in [-0.2, 0) is 0 Å². The number of aromatic amines is 1. The van der Waals surface area contributed by atoms with Crippen LogP contribution >= 0.6 is 0 Å². The van der Waals surface area contributed by atoms with Gasteiger partial charge in [0, 0.05) is 10.8 Å². The molecule has 4 aromatic rings. The molecule has 2 aromatic carbocycles. The normalized spacial score (nSPS) is 9.25. The highest BCUT2D eigenvalue weighted by Gasteiger charge is 1.95. The molecule has 0 bridgehead atoms. The molecular weight excluding hydrogens is 298 g/mol. The maximum atomic E-state index is 4.95. The topological polar surface area (TPSA) is 54.7 Å². The predicted octanol–water partition coefficient (Wildman–Crippen LogP) is 6.06. The second kappa shape index (κ2) is 10.2. The minimum absolute atomic E-state index is 0.861. The minimum Gasteiger partial charge on any atom is -0.356 e. The molecule has 0 radical (unpaired) electrons.